The summed E-state index contributed by atoms with van der Waals surface area (Å²) in [5.74, 6) is 0.238. The molecule has 0 spiro atoms. The number of benzene rings is 1. The van der Waals surface area contributed by atoms with Crippen molar-refractivity contribution in [1.29, 1.82) is 0 Å². The molecule has 1 aliphatic carbocycles. The van der Waals surface area contributed by atoms with Gasteiger partial charge in [-0.05, 0) is 43.9 Å². The third-order valence-electron chi connectivity index (χ3n) is 4.81. The van der Waals surface area contributed by atoms with Gasteiger partial charge in [0.05, 0.1) is 19.7 Å². The molecule has 7 heteroatoms. The number of aryl methyl sites for hydroxylation is 2. The summed E-state index contributed by atoms with van der Waals surface area (Å²) >= 11 is 1.48. The summed E-state index contributed by atoms with van der Waals surface area (Å²) in [4.78, 5) is 26.6. The zero-order chi connectivity index (χ0) is 19.6. The van der Waals surface area contributed by atoms with Crippen LogP contribution in [0.4, 0.5) is 5.00 Å². The lowest BCUT2D eigenvalue weighted by Crippen LogP contribution is -3.08. The van der Waals surface area contributed by atoms with Crippen LogP contribution in [0.2, 0.25) is 0 Å². The van der Waals surface area contributed by atoms with Crippen LogP contribution in [0.5, 0.6) is 5.75 Å². The predicted octanol–water partition coefficient (Wildman–Crippen LogP) is 1.31. The number of rotatable bonds is 7. The molecule has 2 aromatic rings. The monoisotopic (exact) mass is 388 g/mol. The van der Waals surface area contributed by atoms with Gasteiger partial charge in [0.1, 0.15) is 17.3 Å². The number of nitrogens with one attached hydrogen (secondary N) is 2. The number of hydrogen-bond acceptors (Lipinski definition) is 4. The fourth-order valence-electron chi connectivity index (χ4n) is 3.63. The number of carbonyl (C=O) groups is 2. The Morgan fingerprint density at radius 2 is 2.11 bits per heavy atom. The van der Waals surface area contributed by atoms with Gasteiger partial charge in [-0.25, -0.2) is 0 Å². The second kappa shape index (κ2) is 8.10. The Labute approximate surface area is 163 Å². The van der Waals surface area contributed by atoms with Gasteiger partial charge in [-0.1, -0.05) is 11.6 Å². The Balaban J connectivity index is 1.66. The average Bonchev–Trinajstić information content (AvgIpc) is 3.14. The van der Waals surface area contributed by atoms with Crippen LogP contribution in [0.25, 0.3) is 0 Å². The molecule has 0 saturated heterocycles. The molecule has 4 N–H and O–H groups in total. The molecule has 0 saturated carbocycles. The van der Waals surface area contributed by atoms with Gasteiger partial charge in [-0.2, -0.15) is 0 Å². The summed E-state index contributed by atoms with van der Waals surface area (Å²) in [6.45, 7) is 2.99. The molecular weight excluding hydrogens is 362 g/mol. The second-order valence-corrected chi connectivity index (χ2v) is 8.21. The maximum absolute atomic E-state index is 12.5. The summed E-state index contributed by atoms with van der Waals surface area (Å²) in [6.07, 6.45) is 2.85. The fourth-order valence-corrected chi connectivity index (χ4v) is 4.94. The lowest BCUT2D eigenvalue weighted by Gasteiger charge is -2.16. The number of fused-ring (bicyclic) bond motifs is 1. The molecule has 1 unspecified atom stereocenters. The van der Waals surface area contributed by atoms with Crippen molar-refractivity contribution in [3.05, 3.63) is 45.3 Å². The van der Waals surface area contributed by atoms with Crippen molar-refractivity contribution >= 4 is 28.2 Å². The molecule has 1 aromatic heterocycles. The van der Waals surface area contributed by atoms with Gasteiger partial charge >= 0.3 is 0 Å². The number of nitrogens with two attached hydrogens (primary N) is 1. The topological polar surface area (TPSA) is 85.9 Å². The van der Waals surface area contributed by atoms with Crippen molar-refractivity contribution < 1.29 is 19.2 Å². The van der Waals surface area contributed by atoms with Crippen LogP contribution in [0, 0.1) is 6.92 Å². The number of anilines is 1. The SMILES string of the molecule is COc1ccc(C)cc1C[NH+](C)CC(=O)Nc1sc2c(c1C(N)=O)CCC2. The van der Waals surface area contributed by atoms with Crippen LogP contribution < -0.4 is 20.7 Å². The lowest BCUT2D eigenvalue weighted by molar-refractivity contribution is -0.885. The van der Waals surface area contributed by atoms with Crippen molar-refractivity contribution in [2.45, 2.75) is 32.7 Å². The highest BCUT2D eigenvalue weighted by Crippen LogP contribution is 2.38. The van der Waals surface area contributed by atoms with Crippen LogP contribution in [-0.2, 0) is 24.2 Å². The van der Waals surface area contributed by atoms with Crippen molar-refractivity contribution in [3.63, 3.8) is 0 Å². The number of thiophene rings is 1. The first-order valence-electron chi connectivity index (χ1n) is 9.08. The Hall–Kier alpha value is -2.38. The molecule has 27 heavy (non-hydrogen) atoms. The van der Waals surface area contributed by atoms with Crippen molar-refractivity contribution in [2.24, 2.45) is 5.73 Å². The zero-order valence-corrected chi connectivity index (χ0v) is 16.8. The number of likely N-dealkylation sites (N-methyl/N-ethyl adjacent to an activating group) is 1. The zero-order valence-electron chi connectivity index (χ0n) is 16.0. The van der Waals surface area contributed by atoms with E-state index in [2.05, 4.69) is 11.4 Å². The molecule has 0 bridgehead atoms. The lowest BCUT2D eigenvalue weighted by atomic mass is 10.1. The van der Waals surface area contributed by atoms with E-state index in [1.165, 1.54) is 16.2 Å². The highest BCUT2D eigenvalue weighted by Gasteiger charge is 2.26. The van der Waals surface area contributed by atoms with E-state index in [0.29, 0.717) is 17.1 Å². The summed E-state index contributed by atoms with van der Waals surface area (Å²) in [7, 11) is 3.61. The minimum absolute atomic E-state index is 0.124. The number of carbonyl (C=O) groups excluding carboxylic acids is 2. The van der Waals surface area contributed by atoms with Gasteiger partial charge < -0.3 is 20.7 Å². The van der Waals surface area contributed by atoms with E-state index in [0.717, 1.165) is 46.6 Å². The molecule has 0 fully saturated rings. The van der Waals surface area contributed by atoms with Crippen LogP contribution >= 0.6 is 11.3 Å². The van der Waals surface area contributed by atoms with Crippen LogP contribution in [0.1, 0.15) is 38.3 Å². The molecular formula is C20H26N3O3S+. The first kappa shape index (κ1) is 19.4. The molecule has 144 valence electrons. The number of ether oxygens (including phenoxy) is 1. The summed E-state index contributed by atoms with van der Waals surface area (Å²) in [5, 5.41) is 3.50. The molecule has 2 amide bonds. The first-order valence-corrected chi connectivity index (χ1v) is 9.89. The standard InChI is InChI=1S/C20H25N3O3S/c1-12-7-8-15(26-3)13(9-12)10-23(2)11-17(24)22-20-18(19(21)25)14-5-4-6-16(14)27-20/h7-9H,4-6,10-11H2,1-3H3,(H2,21,25)(H,22,24)/p+1. The third-order valence-corrected chi connectivity index (χ3v) is 6.02. The van der Waals surface area contributed by atoms with E-state index >= 15 is 0 Å². The molecule has 0 radical (unpaired) electrons. The summed E-state index contributed by atoms with van der Waals surface area (Å²) < 4.78 is 5.42. The van der Waals surface area contributed by atoms with E-state index in [-0.39, 0.29) is 12.5 Å². The number of amides is 2. The maximum atomic E-state index is 12.5. The molecule has 3 rings (SSSR count). The van der Waals surface area contributed by atoms with Crippen LogP contribution in [-0.4, -0.2) is 32.5 Å². The fraction of sp³-hybridized carbons (Fsp3) is 0.400. The molecule has 0 aliphatic heterocycles. The molecule has 6 nitrogen and oxygen atoms in total. The van der Waals surface area contributed by atoms with Crippen LogP contribution in [0.3, 0.4) is 0 Å². The van der Waals surface area contributed by atoms with Crippen molar-refractivity contribution in [1.82, 2.24) is 0 Å². The molecule has 1 aromatic carbocycles. The van der Waals surface area contributed by atoms with Gasteiger partial charge in [0.2, 0.25) is 0 Å². The van der Waals surface area contributed by atoms with Gasteiger partial charge in [0.25, 0.3) is 11.8 Å². The van der Waals surface area contributed by atoms with E-state index < -0.39 is 5.91 Å². The Kier molecular flexibility index (Phi) is 5.82. The number of quaternary nitrogens is 1. The second-order valence-electron chi connectivity index (χ2n) is 7.10. The Bertz CT molecular complexity index is 876. The number of methoxy groups -OCH3 is 1. The maximum Gasteiger partial charge on any atom is 0.280 e. The normalized spacial score (nSPS) is 13.9. The van der Waals surface area contributed by atoms with E-state index in [9.17, 15) is 9.59 Å². The predicted molar refractivity (Wildman–Crippen MR) is 107 cm³/mol. The number of primary amides is 1. The minimum Gasteiger partial charge on any atom is -0.496 e. The highest BCUT2D eigenvalue weighted by molar-refractivity contribution is 7.17. The quantitative estimate of drug-likeness (QED) is 0.668. The average molecular weight is 389 g/mol. The van der Waals surface area contributed by atoms with E-state index in [4.69, 9.17) is 10.5 Å². The third kappa shape index (κ3) is 4.31. The van der Waals surface area contributed by atoms with Crippen molar-refractivity contribution in [2.75, 3.05) is 26.0 Å². The summed E-state index contributed by atoms with van der Waals surface area (Å²) in [6, 6.07) is 6.03. The molecule has 1 atom stereocenters. The number of hydrogen-bond donors (Lipinski definition) is 3. The minimum atomic E-state index is -0.463. The van der Waals surface area contributed by atoms with Gasteiger partial charge in [-0.15, -0.1) is 11.3 Å². The highest BCUT2D eigenvalue weighted by atomic mass is 32.1. The molecule has 1 aliphatic rings. The van der Waals surface area contributed by atoms with Gasteiger partial charge in [0, 0.05) is 10.4 Å². The Morgan fingerprint density at radius 3 is 2.81 bits per heavy atom. The molecule has 1 heterocycles. The smallest absolute Gasteiger partial charge is 0.280 e. The first-order chi connectivity index (χ1) is 12.9. The van der Waals surface area contributed by atoms with Crippen LogP contribution in [0.15, 0.2) is 18.2 Å². The van der Waals surface area contributed by atoms with Crippen molar-refractivity contribution in [3.8, 4) is 5.75 Å². The van der Waals surface area contributed by atoms with Gasteiger partial charge in [-0.3, -0.25) is 9.59 Å². The summed E-state index contributed by atoms with van der Waals surface area (Å²) in [5.41, 5.74) is 9.30. The Morgan fingerprint density at radius 1 is 1.33 bits per heavy atom. The van der Waals surface area contributed by atoms with E-state index in [1.807, 2.05) is 26.1 Å². The largest absolute Gasteiger partial charge is 0.496 e. The van der Waals surface area contributed by atoms with E-state index in [1.54, 1.807) is 7.11 Å². The van der Waals surface area contributed by atoms with Gasteiger partial charge in [0.15, 0.2) is 6.54 Å².